The van der Waals surface area contributed by atoms with E-state index in [-0.39, 0.29) is 21.5 Å². The third-order valence-electron chi connectivity index (χ3n) is 1.54. The Labute approximate surface area is 85.9 Å². The summed E-state index contributed by atoms with van der Waals surface area (Å²) >= 11 is 11.5. The Morgan fingerprint density at radius 3 is 2.15 bits per heavy atom. The molecule has 0 N–H and O–H groups in total. The fourth-order valence-electron chi connectivity index (χ4n) is 0.876. The predicted molar refractivity (Wildman–Crippen MR) is 52.7 cm³/mol. The number of rotatable bonds is 1. The molecule has 0 fully saturated rings. The van der Waals surface area contributed by atoms with E-state index in [0.29, 0.717) is 5.56 Å². The molecule has 1 aromatic rings. The number of nitrogens with zero attached hydrogens (tertiary/aromatic N) is 1. The van der Waals surface area contributed by atoms with Crippen molar-refractivity contribution in [1.29, 1.82) is 0 Å². The number of carbonyl (C=O) groups excluding carboxylic acids is 1. The molecule has 0 aliphatic carbocycles. The van der Waals surface area contributed by atoms with Gasteiger partial charge < -0.3 is 0 Å². The van der Waals surface area contributed by atoms with Gasteiger partial charge in [0, 0.05) is 15.6 Å². The summed E-state index contributed by atoms with van der Waals surface area (Å²) in [5.41, 5.74) is 0.607. The molecule has 0 unspecified atom stereocenters. The highest BCUT2D eigenvalue weighted by Crippen LogP contribution is 2.34. The van der Waals surface area contributed by atoms with Crippen molar-refractivity contribution >= 4 is 34.7 Å². The van der Waals surface area contributed by atoms with Gasteiger partial charge >= 0.3 is 0 Å². The quantitative estimate of drug-likeness (QED) is 0.515. The SMILES string of the molecule is [C-]#[N+]c1c(Cl)cc(C(C)=O)cc1Cl. The van der Waals surface area contributed by atoms with E-state index >= 15 is 0 Å². The van der Waals surface area contributed by atoms with Gasteiger partial charge in [-0.15, -0.1) is 0 Å². The van der Waals surface area contributed by atoms with E-state index in [4.69, 9.17) is 29.8 Å². The Kier molecular flexibility index (Phi) is 2.92. The van der Waals surface area contributed by atoms with Crippen LogP contribution in [-0.4, -0.2) is 5.78 Å². The number of benzene rings is 1. The zero-order chi connectivity index (χ0) is 10.0. The number of ketones is 1. The molecule has 0 aliphatic rings. The lowest BCUT2D eigenvalue weighted by Crippen LogP contribution is -1.91. The van der Waals surface area contributed by atoms with Crippen LogP contribution in [0.1, 0.15) is 17.3 Å². The topological polar surface area (TPSA) is 21.4 Å². The van der Waals surface area contributed by atoms with Crippen molar-refractivity contribution in [2.24, 2.45) is 0 Å². The second-order valence-electron chi connectivity index (χ2n) is 2.46. The van der Waals surface area contributed by atoms with Crippen molar-refractivity contribution in [3.63, 3.8) is 0 Å². The highest BCUT2D eigenvalue weighted by Gasteiger charge is 2.09. The smallest absolute Gasteiger partial charge is 0.223 e. The third kappa shape index (κ3) is 2.00. The van der Waals surface area contributed by atoms with E-state index in [1.54, 1.807) is 0 Å². The highest BCUT2D eigenvalue weighted by atomic mass is 35.5. The van der Waals surface area contributed by atoms with E-state index in [0.717, 1.165) is 0 Å². The first-order valence-electron chi connectivity index (χ1n) is 3.43. The van der Waals surface area contributed by atoms with E-state index < -0.39 is 0 Å². The third-order valence-corrected chi connectivity index (χ3v) is 2.11. The number of hydrogen-bond donors (Lipinski definition) is 0. The Hall–Kier alpha value is -1.04. The van der Waals surface area contributed by atoms with Crippen molar-refractivity contribution in [2.75, 3.05) is 0 Å². The molecule has 0 radical (unpaired) electrons. The lowest BCUT2D eigenvalue weighted by molar-refractivity contribution is 0.101. The maximum Gasteiger partial charge on any atom is 0.223 e. The molecule has 0 amide bonds. The molecule has 66 valence electrons. The summed E-state index contributed by atoms with van der Waals surface area (Å²) in [5.74, 6) is -0.125. The number of carbonyl (C=O) groups is 1. The summed E-state index contributed by atoms with van der Waals surface area (Å²) in [6, 6.07) is 2.90. The summed E-state index contributed by atoms with van der Waals surface area (Å²) in [5, 5.41) is 0.431. The second-order valence-corrected chi connectivity index (χ2v) is 3.27. The van der Waals surface area contributed by atoms with Crippen LogP contribution in [0.5, 0.6) is 0 Å². The molecule has 1 rings (SSSR count). The predicted octanol–water partition coefficient (Wildman–Crippen LogP) is 3.75. The highest BCUT2D eigenvalue weighted by molar-refractivity contribution is 6.39. The minimum Gasteiger partial charge on any atom is -0.295 e. The van der Waals surface area contributed by atoms with Gasteiger partial charge in [0.1, 0.15) is 0 Å². The van der Waals surface area contributed by atoms with Crippen molar-refractivity contribution < 1.29 is 4.79 Å². The fourth-order valence-corrected chi connectivity index (χ4v) is 1.45. The van der Waals surface area contributed by atoms with Gasteiger partial charge in [-0.05, 0) is 19.1 Å². The van der Waals surface area contributed by atoms with Gasteiger partial charge in [0.15, 0.2) is 5.78 Å². The van der Waals surface area contributed by atoms with Crippen LogP contribution in [0.25, 0.3) is 4.85 Å². The molecule has 0 atom stereocenters. The van der Waals surface area contributed by atoms with Crippen LogP contribution < -0.4 is 0 Å². The van der Waals surface area contributed by atoms with Gasteiger partial charge in [-0.3, -0.25) is 4.79 Å². The van der Waals surface area contributed by atoms with Crippen LogP contribution >= 0.6 is 23.2 Å². The average molecular weight is 214 g/mol. The van der Waals surface area contributed by atoms with E-state index in [2.05, 4.69) is 4.85 Å². The van der Waals surface area contributed by atoms with Gasteiger partial charge in [0.2, 0.25) is 5.69 Å². The summed E-state index contributed by atoms with van der Waals surface area (Å²) < 4.78 is 0. The minimum absolute atomic E-state index is 0.125. The summed E-state index contributed by atoms with van der Waals surface area (Å²) in [4.78, 5) is 14.1. The molecule has 0 heterocycles. The molecule has 2 nitrogen and oxygen atoms in total. The van der Waals surface area contributed by atoms with Crippen LogP contribution in [0.4, 0.5) is 5.69 Å². The number of halogens is 2. The molecule has 0 saturated carbocycles. The fraction of sp³-hybridized carbons (Fsp3) is 0.111. The lowest BCUT2D eigenvalue weighted by Gasteiger charge is -2.01. The summed E-state index contributed by atoms with van der Waals surface area (Å²) in [7, 11) is 0. The van der Waals surface area contributed by atoms with E-state index in [1.807, 2.05) is 0 Å². The summed E-state index contributed by atoms with van der Waals surface area (Å²) in [6.07, 6.45) is 0. The molecule has 13 heavy (non-hydrogen) atoms. The van der Waals surface area contributed by atoms with Crippen LogP contribution in [0.15, 0.2) is 12.1 Å². The van der Waals surface area contributed by atoms with Gasteiger partial charge in [-0.2, -0.15) is 0 Å². The molecule has 1 aromatic carbocycles. The van der Waals surface area contributed by atoms with Crippen LogP contribution in [-0.2, 0) is 0 Å². The molecular formula is C9H5Cl2NO. The van der Waals surface area contributed by atoms with Gasteiger partial charge in [-0.1, -0.05) is 23.2 Å². The zero-order valence-electron chi connectivity index (χ0n) is 6.77. The van der Waals surface area contributed by atoms with E-state index in [1.165, 1.54) is 19.1 Å². The van der Waals surface area contributed by atoms with E-state index in [9.17, 15) is 4.79 Å². The van der Waals surface area contributed by atoms with Crippen molar-refractivity contribution in [1.82, 2.24) is 0 Å². The maximum absolute atomic E-state index is 11.0. The van der Waals surface area contributed by atoms with Crippen LogP contribution in [0, 0.1) is 6.57 Å². The molecular weight excluding hydrogens is 209 g/mol. The van der Waals surface area contributed by atoms with Gasteiger partial charge in [-0.25, -0.2) is 4.85 Å². The lowest BCUT2D eigenvalue weighted by atomic mass is 10.1. The number of Topliss-reactive ketones (excluding diaryl/α,β-unsaturated/α-hetero) is 1. The molecule has 0 aliphatic heterocycles. The first-order chi connectivity index (χ1) is 6.06. The second kappa shape index (κ2) is 3.78. The normalized spacial score (nSPS) is 9.38. The Bertz CT molecular complexity index is 384. The Morgan fingerprint density at radius 2 is 1.85 bits per heavy atom. The molecule has 0 saturated heterocycles. The Morgan fingerprint density at radius 1 is 1.38 bits per heavy atom. The monoisotopic (exact) mass is 213 g/mol. The first kappa shape index (κ1) is 10.0. The Balaban J connectivity index is 3.39. The van der Waals surface area contributed by atoms with Crippen molar-refractivity contribution in [2.45, 2.75) is 6.92 Å². The molecule has 0 aromatic heterocycles. The summed E-state index contributed by atoms with van der Waals surface area (Å²) in [6.45, 7) is 8.19. The van der Waals surface area contributed by atoms with Crippen molar-refractivity contribution in [3.05, 3.63) is 39.2 Å². The maximum atomic E-state index is 11.0. The van der Waals surface area contributed by atoms with Crippen LogP contribution in [0.2, 0.25) is 10.0 Å². The number of hydrogen-bond acceptors (Lipinski definition) is 1. The van der Waals surface area contributed by atoms with Crippen molar-refractivity contribution in [3.8, 4) is 0 Å². The molecule has 4 heteroatoms. The largest absolute Gasteiger partial charge is 0.295 e. The van der Waals surface area contributed by atoms with Gasteiger partial charge in [0.25, 0.3) is 0 Å². The van der Waals surface area contributed by atoms with Gasteiger partial charge in [0.05, 0.1) is 6.57 Å². The van der Waals surface area contributed by atoms with Crippen LogP contribution in [0.3, 0.4) is 0 Å². The minimum atomic E-state index is -0.125. The first-order valence-corrected chi connectivity index (χ1v) is 4.19. The molecule has 0 spiro atoms. The molecule has 0 bridgehead atoms. The zero-order valence-corrected chi connectivity index (χ0v) is 8.28. The average Bonchev–Trinajstić information content (AvgIpc) is 2.03. The standard InChI is InChI=1S/C9H5Cl2NO/c1-5(13)6-3-7(10)9(12-2)8(11)4-6/h3-4H,1H3.